The molecule has 0 saturated heterocycles. The SMILES string of the molecule is CC/C=C\C/C=C\C/C=C\CCCCCCCC(=O)OCC(COC(=O)CCCCCCCCCCCCCCCC)OC(=O)CCCCCCC/C=C\C/C=C\CCCC. The molecule has 1 unspecified atom stereocenters. The molecule has 0 aliphatic rings. The lowest BCUT2D eigenvalue weighted by Gasteiger charge is -2.18. The summed E-state index contributed by atoms with van der Waals surface area (Å²) in [5, 5.41) is 0. The maximum atomic E-state index is 12.8. The van der Waals surface area contributed by atoms with Crippen LogP contribution in [0.5, 0.6) is 0 Å². The highest BCUT2D eigenvalue weighted by Gasteiger charge is 2.19. The molecule has 0 bridgehead atoms. The van der Waals surface area contributed by atoms with Gasteiger partial charge in [0.1, 0.15) is 13.2 Å². The number of hydrogen-bond donors (Lipinski definition) is 0. The zero-order valence-corrected chi connectivity index (χ0v) is 40.2. The third-order valence-electron chi connectivity index (χ3n) is 11.0. The summed E-state index contributed by atoms with van der Waals surface area (Å²) in [5.41, 5.74) is 0. The van der Waals surface area contributed by atoms with Gasteiger partial charge in [-0.15, -0.1) is 0 Å². The van der Waals surface area contributed by atoms with Gasteiger partial charge in [-0.1, -0.05) is 216 Å². The van der Waals surface area contributed by atoms with Gasteiger partial charge in [0, 0.05) is 19.3 Å². The Labute approximate surface area is 377 Å². The highest BCUT2D eigenvalue weighted by molar-refractivity contribution is 5.71. The van der Waals surface area contributed by atoms with Crippen molar-refractivity contribution < 1.29 is 28.6 Å². The predicted molar refractivity (Wildman–Crippen MR) is 261 cm³/mol. The van der Waals surface area contributed by atoms with Crippen molar-refractivity contribution in [3.05, 3.63) is 60.8 Å². The van der Waals surface area contributed by atoms with Gasteiger partial charge < -0.3 is 14.2 Å². The Morgan fingerprint density at radius 2 is 0.656 bits per heavy atom. The van der Waals surface area contributed by atoms with Crippen LogP contribution >= 0.6 is 0 Å². The van der Waals surface area contributed by atoms with Crippen molar-refractivity contribution in [2.45, 2.75) is 258 Å². The van der Waals surface area contributed by atoms with E-state index in [2.05, 4.69) is 81.5 Å². The summed E-state index contributed by atoms with van der Waals surface area (Å²) >= 11 is 0. The number of carbonyl (C=O) groups excluding carboxylic acids is 3. The lowest BCUT2D eigenvalue weighted by Crippen LogP contribution is -2.30. The molecule has 0 aliphatic heterocycles. The minimum Gasteiger partial charge on any atom is -0.462 e. The number of rotatable bonds is 46. The van der Waals surface area contributed by atoms with Crippen LogP contribution in [0.4, 0.5) is 0 Å². The van der Waals surface area contributed by atoms with Crippen LogP contribution in [0, 0.1) is 0 Å². The Hall–Kier alpha value is -2.89. The van der Waals surface area contributed by atoms with Gasteiger partial charge in [0.15, 0.2) is 6.10 Å². The molecule has 0 amide bonds. The number of allylic oxidation sites excluding steroid dienone is 10. The average Bonchev–Trinajstić information content (AvgIpc) is 3.26. The Kier molecular flexibility index (Phi) is 47.4. The molecule has 0 heterocycles. The molecule has 0 aromatic carbocycles. The van der Waals surface area contributed by atoms with Crippen molar-refractivity contribution in [3.8, 4) is 0 Å². The Bertz CT molecular complexity index is 1120. The molecule has 6 heteroatoms. The molecule has 0 N–H and O–H groups in total. The summed E-state index contributed by atoms with van der Waals surface area (Å²) in [7, 11) is 0. The van der Waals surface area contributed by atoms with Crippen LogP contribution < -0.4 is 0 Å². The van der Waals surface area contributed by atoms with Gasteiger partial charge in [-0.3, -0.25) is 14.4 Å². The topological polar surface area (TPSA) is 78.9 Å². The summed E-state index contributed by atoms with van der Waals surface area (Å²) in [6, 6.07) is 0. The van der Waals surface area contributed by atoms with Crippen molar-refractivity contribution in [2.24, 2.45) is 0 Å². The van der Waals surface area contributed by atoms with Crippen LogP contribution in [0.15, 0.2) is 60.8 Å². The quantitative estimate of drug-likeness (QED) is 0.0263. The highest BCUT2D eigenvalue weighted by Crippen LogP contribution is 2.15. The summed E-state index contributed by atoms with van der Waals surface area (Å²) in [6.45, 7) is 6.47. The number of hydrogen-bond acceptors (Lipinski definition) is 6. The second-order valence-electron chi connectivity index (χ2n) is 17.1. The molecular formula is C55H96O6. The van der Waals surface area contributed by atoms with Crippen molar-refractivity contribution >= 4 is 17.9 Å². The van der Waals surface area contributed by atoms with E-state index in [1.165, 1.54) is 89.9 Å². The summed E-state index contributed by atoms with van der Waals surface area (Å²) in [6.07, 6.45) is 60.5. The van der Waals surface area contributed by atoms with Crippen molar-refractivity contribution in [1.82, 2.24) is 0 Å². The maximum absolute atomic E-state index is 12.8. The van der Waals surface area contributed by atoms with E-state index in [9.17, 15) is 14.4 Å². The van der Waals surface area contributed by atoms with Gasteiger partial charge in [0.05, 0.1) is 0 Å². The number of ether oxygens (including phenoxy) is 3. The van der Waals surface area contributed by atoms with Gasteiger partial charge in [-0.05, 0) is 77.0 Å². The molecule has 0 spiro atoms. The minimum absolute atomic E-state index is 0.0838. The van der Waals surface area contributed by atoms with Crippen LogP contribution in [0.3, 0.4) is 0 Å². The Morgan fingerprint density at radius 3 is 1.05 bits per heavy atom. The molecule has 0 aromatic rings. The van der Waals surface area contributed by atoms with E-state index >= 15 is 0 Å². The van der Waals surface area contributed by atoms with E-state index in [1.807, 2.05) is 0 Å². The zero-order chi connectivity index (χ0) is 44.4. The molecule has 6 nitrogen and oxygen atoms in total. The fourth-order valence-corrected chi connectivity index (χ4v) is 7.12. The number of carbonyl (C=O) groups is 3. The zero-order valence-electron chi connectivity index (χ0n) is 40.2. The molecule has 0 aromatic heterocycles. The normalized spacial score (nSPS) is 12.5. The van der Waals surface area contributed by atoms with Gasteiger partial charge in [0.2, 0.25) is 0 Å². The van der Waals surface area contributed by atoms with Gasteiger partial charge in [-0.2, -0.15) is 0 Å². The van der Waals surface area contributed by atoms with E-state index in [1.54, 1.807) is 0 Å². The first-order valence-electron chi connectivity index (χ1n) is 25.8. The molecule has 0 aliphatic carbocycles. The fourth-order valence-electron chi connectivity index (χ4n) is 7.12. The van der Waals surface area contributed by atoms with Crippen molar-refractivity contribution in [3.63, 3.8) is 0 Å². The van der Waals surface area contributed by atoms with Crippen molar-refractivity contribution in [1.29, 1.82) is 0 Å². The Morgan fingerprint density at radius 1 is 0.344 bits per heavy atom. The second-order valence-corrected chi connectivity index (χ2v) is 17.1. The molecule has 352 valence electrons. The van der Waals surface area contributed by atoms with Crippen LogP contribution in [0.25, 0.3) is 0 Å². The fraction of sp³-hybridized carbons (Fsp3) is 0.764. The summed E-state index contributed by atoms with van der Waals surface area (Å²) < 4.78 is 16.8. The van der Waals surface area contributed by atoms with Gasteiger partial charge in [-0.25, -0.2) is 0 Å². The third-order valence-corrected chi connectivity index (χ3v) is 11.0. The first kappa shape index (κ1) is 58.1. The largest absolute Gasteiger partial charge is 0.462 e. The van der Waals surface area contributed by atoms with Gasteiger partial charge in [0.25, 0.3) is 0 Å². The molecule has 0 radical (unpaired) electrons. The molecule has 1 atom stereocenters. The lowest BCUT2D eigenvalue weighted by molar-refractivity contribution is -0.167. The molecule has 0 fully saturated rings. The minimum atomic E-state index is -0.786. The first-order chi connectivity index (χ1) is 30.0. The molecule has 0 rings (SSSR count). The smallest absolute Gasteiger partial charge is 0.306 e. The van der Waals surface area contributed by atoms with Crippen LogP contribution in [-0.4, -0.2) is 37.2 Å². The second kappa shape index (κ2) is 49.8. The Balaban J connectivity index is 4.42. The van der Waals surface area contributed by atoms with Crippen molar-refractivity contribution in [2.75, 3.05) is 13.2 Å². The van der Waals surface area contributed by atoms with E-state index in [4.69, 9.17) is 14.2 Å². The first-order valence-corrected chi connectivity index (χ1v) is 25.8. The molecular weight excluding hydrogens is 757 g/mol. The lowest BCUT2D eigenvalue weighted by atomic mass is 10.0. The average molecular weight is 853 g/mol. The van der Waals surface area contributed by atoms with Gasteiger partial charge >= 0.3 is 17.9 Å². The van der Waals surface area contributed by atoms with E-state index in [-0.39, 0.29) is 31.1 Å². The number of esters is 3. The third kappa shape index (κ3) is 48.0. The molecule has 0 saturated carbocycles. The van der Waals surface area contributed by atoms with E-state index in [0.717, 1.165) is 122 Å². The molecule has 61 heavy (non-hydrogen) atoms. The summed E-state index contributed by atoms with van der Waals surface area (Å²) in [4.78, 5) is 38.0. The highest BCUT2D eigenvalue weighted by atomic mass is 16.6. The van der Waals surface area contributed by atoms with E-state index < -0.39 is 6.10 Å². The van der Waals surface area contributed by atoms with Crippen LogP contribution in [0.2, 0.25) is 0 Å². The monoisotopic (exact) mass is 853 g/mol. The van der Waals surface area contributed by atoms with E-state index in [0.29, 0.717) is 19.3 Å². The van der Waals surface area contributed by atoms with Crippen LogP contribution in [0.1, 0.15) is 252 Å². The summed E-state index contributed by atoms with van der Waals surface area (Å²) in [5.74, 6) is -0.910. The maximum Gasteiger partial charge on any atom is 0.306 e. The van der Waals surface area contributed by atoms with Crippen LogP contribution in [-0.2, 0) is 28.6 Å². The predicted octanol–water partition coefficient (Wildman–Crippen LogP) is 16.9. The standard InChI is InChI=1S/C55H96O6/c1-4-7-10-13-16-19-22-25-28-31-33-36-39-42-45-48-54(57)60-51-52(61-55(58)49-46-43-40-37-34-30-27-24-21-18-15-12-9-6-3)50-59-53(56)47-44-41-38-35-32-29-26-23-20-17-14-11-8-5-2/h7,10,15-16,18-19,24-25,27-28,52H,4-6,8-9,11-14,17,20-23,26,29-51H2,1-3H3/b10-7-,18-15-,19-16-,27-24-,28-25-. The number of unbranched alkanes of at least 4 members (excludes halogenated alkanes) is 25.